The van der Waals surface area contributed by atoms with Crippen LogP contribution in [-0.4, -0.2) is 10.9 Å². The second-order valence-electron chi connectivity index (χ2n) is 6.56. The highest BCUT2D eigenvalue weighted by atomic mass is 16.1. The summed E-state index contributed by atoms with van der Waals surface area (Å²) in [6.45, 7) is 2.07. The molecular formula is C22H20N2O. The Morgan fingerprint density at radius 1 is 1.00 bits per heavy atom. The number of carbonyl (C=O) groups excluding carboxylic acids is 1. The maximum Gasteiger partial charge on any atom is 0.228 e. The minimum Gasteiger partial charge on any atom is -0.325 e. The van der Waals surface area contributed by atoms with E-state index in [9.17, 15) is 4.79 Å². The summed E-state index contributed by atoms with van der Waals surface area (Å²) in [5.74, 6) is 0.0741. The molecule has 3 nitrogen and oxygen atoms in total. The number of nitrogens with zero attached hydrogens (tertiary/aromatic N) is 1. The average Bonchev–Trinajstić information content (AvgIpc) is 3.03. The van der Waals surface area contributed by atoms with Gasteiger partial charge in [-0.3, -0.25) is 9.78 Å². The first-order valence-corrected chi connectivity index (χ1v) is 8.61. The van der Waals surface area contributed by atoms with Crippen LogP contribution in [0.4, 0.5) is 5.69 Å². The van der Waals surface area contributed by atoms with Gasteiger partial charge in [0.2, 0.25) is 5.91 Å². The fourth-order valence-corrected chi connectivity index (χ4v) is 3.46. The molecule has 2 aromatic carbocycles. The zero-order valence-corrected chi connectivity index (χ0v) is 14.3. The molecule has 1 aliphatic rings. The monoisotopic (exact) mass is 328 g/mol. The molecule has 0 aliphatic carbocycles. The normalized spacial score (nSPS) is 12.8. The van der Waals surface area contributed by atoms with Gasteiger partial charge in [-0.05, 0) is 53.6 Å². The van der Waals surface area contributed by atoms with Crippen LogP contribution in [0.1, 0.15) is 22.3 Å². The van der Waals surface area contributed by atoms with Crippen molar-refractivity contribution in [2.75, 3.05) is 5.32 Å². The molecule has 0 spiro atoms. The Bertz CT molecular complexity index is 932. The fraction of sp³-hybridized carbons (Fsp3) is 0.182. The lowest BCUT2D eigenvalue weighted by atomic mass is 9.96. The zero-order valence-electron chi connectivity index (χ0n) is 14.3. The predicted molar refractivity (Wildman–Crippen MR) is 101 cm³/mol. The van der Waals surface area contributed by atoms with Crippen LogP contribution < -0.4 is 5.32 Å². The number of hydrogen-bond donors (Lipinski definition) is 1. The lowest BCUT2D eigenvalue weighted by molar-refractivity contribution is -0.115. The lowest BCUT2D eigenvalue weighted by Gasteiger charge is -2.12. The van der Waals surface area contributed by atoms with Crippen molar-refractivity contribution in [3.05, 3.63) is 83.2 Å². The molecule has 124 valence electrons. The summed E-state index contributed by atoms with van der Waals surface area (Å²) in [6.07, 6.45) is 6.29. The second-order valence-corrected chi connectivity index (χ2v) is 6.56. The third kappa shape index (κ3) is 3.18. The summed E-state index contributed by atoms with van der Waals surface area (Å²) in [5.41, 5.74) is 7.97. The number of aryl methyl sites for hydroxylation is 2. The van der Waals surface area contributed by atoms with E-state index in [2.05, 4.69) is 53.6 Å². The standard InChI is InChI=1S/C22H20N2O/c1-15-20(10-9-18-12-21(25)24-22(15)18)19-11-17(13-23-14-19)8-7-16-5-3-2-4-6-16/h2-6,9-11,13-14H,7-8,12H2,1H3,(H,24,25). The molecule has 25 heavy (non-hydrogen) atoms. The number of rotatable bonds is 4. The molecule has 0 bridgehead atoms. The second kappa shape index (κ2) is 6.52. The van der Waals surface area contributed by atoms with Gasteiger partial charge in [0.05, 0.1) is 6.42 Å². The number of hydrogen-bond acceptors (Lipinski definition) is 2. The van der Waals surface area contributed by atoms with Gasteiger partial charge < -0.3 is 5.32 Å². The van der Waals surface area contributed by atoms with Crippen molar-refractivity contribution >= 4 is 11.6 Å². The van der Waals surface area contributed by atoms with E-state index in [1.807, 2.05) is 24.5 Å². The predicted octanol–water partition coefficient (Wildman–Crippen LogP) is 4.34. The molecule has 4 rings (SSSR count). The van der Waals surface area contributed by atoms with E-state index in [0.29, 0.717) is 6.42 Å². The van der Waals surface area contributed by atoms with Crippen LogP contribution in [0.2, 0.25) is 0 Å². The molecule has 1 aliphatic heterocycles. The van der Waals surface area contributed by atoms with E-state index in [0.717, 1.165) is 40.8 Å². The molecule has 0 fully saturated rings. The van der Waals surface area contributed by atoms with Gasteiger partial charge in [-0.1, -0.05) is 42.5 Å². The van der Waals surface area contributed by atoms with Crippen molar-refractivity contribution < 1.29 is 4.79 Å². The molecule has 1 N–H and O–H groups in total. The van der Waals surface area contributed by atoms with Crippen molar-refractivity contribution in [2.45, 2.75) is 26.2 Å². The number of amides is 1. The third-order valence-electron chi connectivity index (χ3n) is 4.82. The number of anilines is 1. The molecule has 2 heterocycles. The highest BCUT2D eigenvalue weighted by molar-refractivity contribution is 6.01. The minimum atomic E-state index is 0.0741. The van der Waals surface area contributed by atoms with Crippen molar-refractivity contribution in [1.29, 1.82) is 0 Å². The first kappa shape index (κ1) is 15.6. The van der Waals surface area contributed by atoms with Crippen molar-refractivity contribution in [2.24, 2.45) is 0 Å². The molecule has 1 amide bonds. The maximum absolute atomic E-state index is 11.7. The summed E-state index contributed by atoms with van der Waals surface area (Å²) >= 11 is 0. The van der Waals surface area contributed by atoms with Gasteiger partial charge in [-0.25, -0.2) is 0 Å². The molecule has 3 aromatic rings. The Morgan fingerprint density at radius 2 is 1.80 bits per heavy atom. The number of nitrogens with one attached hydrogen (secondary N) is 1. The van der Waals surface area contributed by atoms with E-state index in [1.165, 1.54) is 11.1 Å². The first-order chi connectivity index (χ1) is 12.2. The van der Waals surface area contributed by atoms with Gasteiger partial charge in [-0.15, -0.1) is 0 Å². The van der Waals surface area contributed by atoms with E-state index in [-0.39, 0.29) is 5.91 Å². The van der Waals surface area contributed by atoms with E-state index in [4.69, 9.17) is 0 Å². The maximum atomic E-state index is 11.7. The summed E-state index contributed by atoms with van der Waals surface area (Å²) in [4.78, 5) is 16.1. The van der Waals surface area contributed by atoms with Crippen LogP contribution in [-0.2, 0) is 24.1 Å². The Balaban J connectivity index is 1.60. The van der Waals surface area contributed by atoms with Gasteiger partial charge in [-0.2, -0.15) is 0 Å². The van der Waals surface area contributed by atoms with Crippen LogP contribution >= 0.6 is 0 Å². The Kier molecular flexibility index (Phi) is 4.06. The zero-order chi connectivity index (χ0) is 17.2. The lowest BCUT2D eigenvalue weighted by Crippen LogP contribution is -2.04. The van der Waals surface area contributed by atoms with E-state index >= 15 is 0 Å². The number of fused-ring (bicyclic) bond motifs is 1. The van der Waals surface area contributed by atoms with Crippen LogP contribution in [0, 0.1) is 6.92 Å². The minimum absolute atomic E-state index is 0.0741. The Hall–Kier alpha value is -2.94. The number of aromatic nitrogens is 1. The first-order valence-electron chi connectivity index (χ1n) is 8.61. The molecule has 3 heteroatoms. The number of benzene rings is 2. The number of pyridine rings is 1. The molecule has 0 atom stereocenters. The summed E-state index contributed by atoms with van der Waals surface area (Å²) < 4.78 is 0. The van der Waals surface area contributed by atoms with Crippen molar-refractivity contribution in [3.8, 4) is 11.1 Å². The molecular weight excluding hydrogens is 308 g/mol. The van der Waals surface area contributed by atoms with Crippen molar-refractivity contribution in [3.63, 3.8) is 0 Å². The van der Waals surface area contributed by atoms with Gasteiger partial charge in [0.1, 0.15) is 0 Å². The molecule has 1 aromatic heterocycles. The topological polar surface area (TPSA) is 42.0 Å². The molecule has 0 saturated heterocycles. The third-order valence-corrected chi connectivity index (χ3v) is 4.82. The van der Waals surface area contributed by atoms with E-state index < -0.39 is 0 Å². The average molecular weight is 328 g/mol. The van der Waals surface area contributed by atoms with Crippen molar-refractivity contribution in [1.82, 2.24) is 4.98 Å². The summed E-state index contributed by atoms with van der Waals surface area (Å²) in [7, 11) is 0. The smallest absolute Gasteiger partial charge is 0.228 e. The fourth-order valence-electron chi connectivity index (χ4n) is 3.46. The molecule has 0 unspecified atom stereocenters. The molecule has 0 radical (unpaired) electrons. The van der Waals surface area contributed by atoms with Crippen LogP contribution in [0.15, 0.2) is 60.9 Å². The Labute approximate surface area is 147 Å². The quantitative estimate of drug-likeness (QED) is 0.774. The van der Waals surface area contributed by atoms with Crippen LogP contribution in [0.5, 0.6) is 0 Å². The highest BCUT2D eigenvalue weighted by Gasteiger charge is 2.21. The largest absolute Gasteiger partial charge is 0.325 e. The van der Waals surface area contributed by atoms with Crippen LogP contribution in [0.25, 0.3) is 11.1 Å². The highest BCUT2D eigenvalue weighted by Crippen LogP contribution is 2.34. The Morgan fingerprint density at radius 3 is 2.64 bits per heavy atom. The van der Waals surface area contributed by atoms with Crippen LogP contribution in [0.3, 0.4) is 0 Å². The van der Waals surface area contributed by atoms with Gasteiger partial charge in [0.25, 0.3) is 0 Å². The summed E-state index contributed by atoms with van der Waals surface area (Å²) in [6, 6.07) is 16.9. The van der Waals surface area contributed by atoms with Gasteiger partial charge in [0, 0.05) is 23.6 Å². The van der Waals surface area contributed by atoms with Gasteiger partial charge >= 0.3 is 0 Å². The SMILES string of the molecule is Cc1c(-c2cncc(CCc3ccccc3)c2)ccc2c1NC(=O)C2. The number of carbonyl (C=O) groups is 1. The van der Waals surface area contributed by atoms with E-state index in [1.54, 1.807) is 0 Å². The molecule has 0 saturated carbocycles. The van der Waals surface area contributed by atoms with Gasteiger partial charge in [0.15, 0.2) is 0 Å². The summed E-state index contributed by atoms with van der Waals surface area (Å²) in [5, 5.41) is 2.98.